The quantitative estimate of drug-likeness (QED) is 0.818. The van der Waals surface area contributed by atoms with Crippen LogP contribution in [0.2, 0.25) is 0 Å². The predicted octanol–water partition coefficient (Wildman–Crippen LogP) is 2.10. The van der Waals surface area contributed by atoms with Gasteiger partial charge in [0, 0.05) is 16.2 Å². The van der Waals surface area contributed by atoms with Gasteiger partial charge in [-0.1, -0.05) is 15.9 Å². The molecule has 1 aromatic carbocycles. The lowest BCUT2D eigenvalue weighted by Gasteiger charge is -2.17. The van der Waals surface area contributed by atoms with Gasteiger partial charge in [0.2, 0.25) is 0 Å². The largest absolute Gasteiger partial charge is 0.398 e. The lowest BCUT2D eigenvalue weighted by atomic mass is 10.1. The van der Waals surface area contributed by atoms with Crippen LogP contribution in [-0.4, -0.2) is 37.5 Å². The third-order valence-electron chi connectivity index (χ3n) is 2.65. The number of hydrogen-bond acceptors (Lipinski definition) is 3. The Bertz CT molecular complexity index is 421. The van der Waals surface area contributed by atoms with Crippen LogP contribution in [0.25, 0.3) is 0 Å². The van der Waals surface area contributed by atoms with Crippen molar-refractivity contribution >= 4 is 27.5 Å². The highest BCUT2D eigenvalue weighted by molar-refractivity contribution is 9.10. The minimum Gasteiger partial charge on any atom is -0.398 e. The Morgan fingerprint density at radius 3 is 2.72 bits per heavy atom. The minimum atomic E-state index is -0.119. The van der Waals surface area contributed by atoms with Crippen LogP contribution >= 0.6 is 15.9 Å². The molecule has 100 valence electrons. The molecular formula is C13H20BrN3O. The fraction of sp³-hybridized carbons (Fsp3) is 0.462. The Kier molecular flexibility index (Phi) is 5.62. The Morgan fingerprint density at radius 1 is 1.50 bits per heavy atom. The summed E-state index contributed by atoms with van der Waals surface area (Å²) < 4.78 is 0.872. The van der Waals surface area contributed by atoms with Gasteiger partial charge in [-0.2, -0.15) is 0 Å². The third kappa shape index (κ3) is 4.66. The second-order valence-corrected chi connectivity index (χ2v) is 5.61. The average Bonchev–Trinajstić information content (AvgIpc) is 2.26. The molecule has 0 fully saturated rings. The predicted molar refractivity (Wildman–Crippen MR) is 78.7 cm³/mol. The van der Waals surface area contributed by atoms with Gasteiger partial charge in [-0.15, -0.1) is 0 Å². The molecule has 0 aliphatic carbocycles. The van der Waals surface area contributed by atoms with Crippen LogP contribution in [0.1, 0.15) is 23.7 Å². The molecule has 4 nitrogen and oxygen atoms in total. The summed E-state index contributed by atoms with van der Waals surface area (Å²) in [5, 5.41) is 2.95. The number of nitrogens with two attached hydrogens (primary N) is 1. The number of carbonyl (C=O) groups is 1. The topological polar surface area (TPSA) is 58.4 Å². The maximum Gasteiger partial charge on any atom is 0.253 e. The van der Waals surface area contributed by atoms with Crippen LogP contribution in [0.5, 0.6) is 0 Å². The summed E-state index contributed by atoms with van der Waals surface area (Å²) in [6, 6.07) is 5.41. The van der Waals surface area contributed by atoms with Crippen molar-refractivity contribution in [1.82, 2.24) is 10.2 Å². The van der Waals surface area contributed by atoms with E-state index in [9.17, 15) is 4.79 Å². The van der Waals surface area contributed by atoms with Gasteiger partial charge in [-0.05, 0) is 52.2 Å². The maximum atomic E-state index is 12.0. The second kappa shape index (κ2) is 6.75. The molecule has 3 N–H and O–H groups in total. The number of benzene rings is 1. The maximum absolute atomic E-state index is 12.0. The molecule has 1 amide bonds. The first-order chi connectivity index (χ1) is 8.40. The molecule has 0 bridgehead atoms. The average molecular weight is 314 g/mol. The fourth-order valence-corrected chi connectivity index (χ4v) is 1.94. The van der Waals surface area contributed by atoms with E-state index in [1.165, 1.54) is 0 Å². The normalized spacial score (nSPS) is 12.5. The minimum absolute atomic E-state index is 0.119. The van der Waals surface area contributed by atoms with E-state index < -0.39 is 0 Å². The molecular weight excluding hydrogens is 294 g/mol. The summed E-state index contributed by atoms with van der Waals surface area (Å²) in [6.45, 7) is 2.94. The number of nitrogens with zero attached hydrogens (tertiary/aromatic N) is 1. The Balaban J connectivity index is 2.59. The van der Waals surface area contributed by atoms with Crippen molar-refractivity contribution in [1.29, 1.82) is 0 Å². The lowest BCUT2D eigenvalue weighted by Crippen LogP contribution is -2.35. The van der Waals surface area contributed by atoms with E-state index in [0.29, 0.717) is 11.3 Å². The number of halogens is 1. The Labute approximate surface area is 117 Å². The molecule has 1 aromatic rings. The van der Waals surface area contributed by atoms with Gasteiger partial charge < -0.3 is 16.0 Å². The van der Waals surface area contributed by atoms with Crippen LogP contribution in [0, 0.1) is 0 Å². The molecule has 5 heteroatoms. The SMILES string of the molecule is CC(CCN(C)C)NC(=O)c1ccc(Br)cc1N. The van der Waals surface area contributed by atoms with Crippen molar-refractivity contribution in [2.75, 3.05) is 26.4 Å². The zero-order valence-corrected chi connectivity index (χ0v) is 12.6. The Morgan fingerprint density at radius 2 is 2.17 bits per heavy atom. The van der Waals surface area contributed by atoms with Gasteiger partial charge >= 0.3 is 0 Å². The summed E-state index contributed by atoms with van der Waals surface area (Å²) in [5.41, 5.74) is 6.83. The molecule has 0 aromatic heterocycles. The molecule has 1 atom stereocenters. The monoisotopic (exact) mass is 313 g/mol. The summed E-state index contributed by atoms with van der Waals surface area (Å²) in [4.78, 5) is 14.1. The first-order valence-electron chi connectivity index (χ1n) is 5.90. The van der Waals surface area contributed by atoms with E-state index in [2.05, 4.69) is 26.1 Å². The summed E-state index contributed by atoms with van der Waals surface area (Å²) in [5.74, 6) is -0.119. The van der Waals surface area contributed by atoms with E-state index >= 15 is 0 Å². The number of nitrogen functional groups attached to an aromatic ring is 1. The molecule has 1 rings (SSSR count). The van der Waals surface area contributed by atoms with Crippen LogP contribution < -0.4 is 11.1 Å². The highest BCUT2D eigenvalue weighted by Gasteiger charge is 2.12. The van der Waals surface area contributed by atoms with E-state index in [-0.39, 0.29) is 11.9 Å². The van der Waals surface area contributed by atoms with Gasteiger partial charge in [0.05, 0.1) is 5.56 Å². The first kappa shape index (κ1) is 15.0. The van der Waals surface area contributed by atoms with E-state index in [1.807, 2.05) is 27.1 Å². The van der Waals surface area contributed by atoms with E-state index in [4.69, 9.17) is 5.73 Å². The van der Waals surface area contributed by atoms with Crippen molar-refractivity contribution in [2.45, 2.75) is 19.4 Å². The number of amides is 1. The van der Waals surface area contributed by atoms with Crippen molar-refractivity contribution in [3.63, 3.8) is 0 Å². The molecule has 0 heterocycles. The zero-order valence-electron chi connectivity index (χ0n) is 11.0. The van der Waals surface area contributed by atoms with Crippen molar-refractivity contribution in [3.05, 3.63) is 28.2 Å². The number of hydrogen-bond donors (Lipinski definition) is 2. The van der Waals surface area contributed by atoms with Crippen LogP contribution in [0.4, 0.5) is 5.69 Å². The van der Waals surface area contributed by atoms with Gasteiger partial charge in [-0.25, -0.2) is 0 Å². The smallest absolute Gasteiger partial charge is 0.253 e. The van der Waals surface area contributed by atoms with Gasteiger partial charge in [0.15, 0.2) is 0 Å². The van der Waals surface area contributed by atoms with E-state index in [1.54, 1.807) is 12.1 Å². The standard InChI is InChI=1S/C13H20BrN3O/c1-9(6-7-17(2)3)16-13(18)11-5-4-10(14)8-12(11)15/h4-5,8-9H,6-7,15H2,1-3H3,(H,16,18). The molecule has 0 saturated carbocycles. The van der Waals surface area contributed by atoms with Crippen molar-refractivity contribution < 1.29 is 4.79 Å². The van der Waals surface area contributed by atoms with Gasteiger partial charge in [0.25, 0.3) is 5.91 Å². The highest BCUT2D eigenvalue weighted by Crippen LogP contribution is 2.18. The molecule has 1 unspecified atom stereocenters. The molecule has 0 aliphatic heterocycles. The number of rotatable bonds is 5. The van der Waals surface area contributed by atoms with Crippen LogP contribution in [0.3, 0.4) is 0 Å². The molecule has 0 saturated heterocycles. The number of nitrogens with one attached hydrogen (secondary N) is 1. The molecule has 0 radical (unpaired) electrons. The fourth-order valence-electron chi connectivity index (χ4n) is 1.57. The van der Waals surface area contributed by atoms with Crippen LogP contribution in [-0.2, 0) is 0 Å². The van der Waals surface area contributed by atoms with Crippen molar-refractivity contribution in [3.8, 4) is 0 Å². The molecule has 0 aliphatic rings. The molecule has 0 spiro atoms. The highest BCUT2D eigenvalue weighted by atomic mass is 79.9. The van der Waals surface area contributed by atoms with E-state index in [0.717, 1.165) is 17.4 Å². The second-order valence-electron chi connectivity index (χ2n) is 4.70. The third-order valence-corrected chi connectivity index (χ3v) is 3.14. The number of anilines is 1. The first-order valence-corrected chi connectivity index (χ1v) is 6.70. The lowest BCUT2D eigenvalue weighted by molar-refractivity contribution is 0.0937. The number of carbonyl (C=O) groups excluding carboxylic acids is 1. The molecule has 18 heavy (non-hydrogen) atoms. The zero-order chi connectivity index (χ0) is 13.7. The van der Waals surface area contributed by atoms with Crippen LogP contribution in [0.15, 0.2) is 22.7 Å². The summed E-state index contributed by atoms with van der Waals surface area (Å²) >= 11 is 3.32. The summed E-state index contributed by atoms with van der Waals surface area (Å²) in [7, 11) is 4.03. The van der Waals surface area contributed by atoms with Gasteiger partial charge in [-0.3, -0.25) is 4.79 Å². The van der Waals surface area contributed by atoms with Crippen molar-refractivity contribution in [2.24, 2.45) is 0 Å². The summed E-state index contributed by atoms with van der Waals surface area (Å²) in [6.07, 6.45) is 0.912. The Hall–Kier alpha value is -1.07. The van der Waals surface area contributed by atoms with Gasteiger partial charge in [0.1, 0.15) is 0 Å².